The first-order valence-electron chi connectivity index (χ1n) is 6.33. The standard InChI is InChI=1S/C13H12N4O3S/c1-14-12(20)15-7-2-3-8-9(6-7)21-13(16-8)17-10(18)4-5-11(17)19/h2-3,6H,4-5H2,1H3,(H2,14,15,20). The molecule has 2 heterocycles. The molecule has 1 aromatic heterocycles. The number of benzene rings is 1. The minimum absolute atomic E-state index is 0.220. The van der Waals surface area contributed by atoms with Gasteiger partial charge < -0.3 is 10.6 Å². The molecule has 3 rings (SSSR count). The van der Waals surface area contributed by atoms with E-state index >= 15 is 0 Å². The maximum Gasteiger partial charge on any atom is 0.318 e. The van der Waals surface area contributed by atoms with E-state index < -0.39 is 0 Å². The topological polar surface area (TPSA) is 91.4 Å². The molecule has 7 nitrogen and oxygen atoms in total. The molecule has 0 atom stereocenters. The summed E-state index contributed by atoms with van der Waals surface area (Å²) in [5.74, 6) is -0.439. The van der Waals surface area contributed by atoms with E-state index in [2.05, 4.69) is 15.6 Å². The number of amides is 4. The molecule has 0 unspecified atom stereocenters. The Morgan fingerprint density at radius 2 is 2.00 bits per heavy atom. The van der Waals surface area contributed by atoms with E-state index in [0.29, 0.717) is 16.3 Å². The van der Waals surface area contributed by atoms with Crippen molar-refractivity contribution < 1.29 is 14.4 Å². The summed E-state index contributed by atoms with van der Waals surface area (Å²) in [6.07, 6.45) is 0.469. The first-order chi connectivity index (χ1) is 10.1. The fraction of sp³-hybridized carbons (Fsp3) is 0.231. The second-order valence-corrected chi connectivity index (χ2v) is 5.52. The summed E-state index contributed by atoms with van der Waals surface area (Å²) < 4.78 is 0.798. The minimum Gasteiger partial charge on any atom is -0.341 e. The van der Waals surface area contributed by atoms with Gasteiger partial charge >= 0.3 is 6.03 Å². The number of nitrogens with zero attached hydrogens (tertiary/aromatic N) is 2. The molecule has 1 aromatic carbocycles. The van der Waals surface area contributed by atoms with E-state index in [0.717, 1.165) is 9.60 Å². The number of imide groups is 1. The van der Waals surface area contributed by atoms with Crippen LogP contribution < -0.4 is 15.5 Å². The van der Waals surface area contributed by atoms with Crippen LogP contribution in [0.3, 0.4) is 0 Å². The molecule has 0 bridgehead atoms. The largest absolute Gasteiger partial charge is 0.341 e. The highest BCUT2D eigenvalue weighted by atomic mass is 32.1. The molecule has 0 spiro atoms. The Bertz CT molecular complexity index is 739. The van der Waals surface area contributed by atoms with Crippen LogP contribution in [0.5, 0.6) is 0 Å². The summed E-state index contributed by atoms with van der Waals surface area (Å²) in [6.45, 7) is 0. The average Bonchev–Trinajstić information content (AvgIpc) is 3.01. The molecule has 1 aliphatic heterocycles. The van der Waals surface area contributed by atoms with Crippen LogP contribution in [0.4, 0.5) is 15.6 Å². The number of urea groups is 1. The Kier molecular flexibility index (Phi) is 3.30. The third-order valence-electron chi connectivity index (χ3n) is 3.10. The molecular formula is C13H12N4O3S. The molecule has 1 fully saturated rings. The Balaban J connectivity index is 1.95. The van der Waals surface area contributed by atoms with E-state index in [-0.39, 0.29) is 30.7 Å². The van der Waals surface area contributed by atoms with Gasteiger partial charge in [-0.25, -0.2) is 14.7 Å². The van der Waals surface area contributed by atoms with E-state index in [1.54, 1.807) is 18.2 Å². The SMILES string of the molecule is CNC(=O)Nc1ccc2nc(N3C(=O)CCC3=O)sc2c1. The maximum absolute atomic E-state index is 11.7. The molecule has 8 heteroatoms. The van der Waals surface area contributed by atoms with Gasteiger partial charge in [-0.3, -0.25) is 9.59 Å². The maximum atomic E-state index is 11.7. The Labute approximate surface area is 124 Å². The van der Waals surface area contributed by atoms with E-state index in [9.17, 15) is 14.4 Å². The predicted molar refractivity (Wildman–Crippen MR) is 79.4 cm³/mol. The van der Waals surface area contributed by atoms with Gasteiger partial charge in [-0.15, -0.1) is 0 Å². The second kappa shape index (κ2) is 5.13. The van der Waals surface area contributed by atoms with Crippen molar-refractivity contribution in [1.82, 2.24) is 10.3 Å². The van der Waals surface area contributed by atoms with Crippen LogP contribution in [-0.4, -0.2) is 29.9 Å². The van der Waals surface area contributed by atoms with Crippen molar-refractivity contribution in [2.24, 2.45) is 0 Å². The van der Waals surface area contributed by atoms with Crippen LogP contribution >= 0.6 is 11.3 Å². The first kappa shape index (κ1) is 13.5. The van der Waals surface area contributed by atoms with Gasteiger partial charge in [-0.2, -0.15) is 0 Å². The van der Waals surface area contributed by atoms with Gasteiger partial charge in [0.1, 0.15) is 0 Å². The van der Waals surface area contributed by atoms with Gasteiger partial charge in [0.2, 0.25) is 11.8 Å². The second-order valence-electron chi connectivity index (χ2n) is 4.51. The zero-order chi connectivity index (χ0) is 15.0. The minimum atomic E-state index is -0.316. The van der Waals surface area contributed by atoms with Crippen molar-refractivity contribution in [2.75, 3.05) is 17.3 Å². The number of fused-ring (bicyclic) bond motifs is 1. The van der Waals surface area contributed by atoms with Gasteiger partial charge in [-0.1, -0.05) is 11.3 Å². The molecule has 0 saturated carbocycles. The van der Waals surface area contributed by atoms with Gasteiger partial charge in [-0.05, 0) is 18.2 Å². The summed E-state index contributed by atoms with van der Waals surface area (Å²) in [4.78, 5) is 40.2. The summed E-state index contributed by atoms with van der Waals surface area (Å²) in [6, 6.07) is 4.90. The number of hydrogen-bond acceptors (Lipinski definition) is 5. The third kappa shape index (κ3) is 2.45. The lowest BCUT2D eigenvalue weighted by molar-refractivity contribution is -0.121. The zero-order valence-corrected chi connectivity index (χ0v) is 12.0. The normalized spacial score (nSPS) is 14.8. The fourth-order valence-corrected chi connectivity index (χ4v) is 3.11. The number of thiazole rings is 1. The quantitative estimate of drug-likeness (QED) is 0.826. The first-order valence-corrected chi connectivity index (χ1v) is 7.15. The number of hydrogen-bond donors (Lipinski definition) is 2. The highest BCUT2D eigenvalue weighted by Crippen LogP contribution is 2.33. The lowest BCUT2D eigenvalue weighted by atomic mass is 10.3. The van der Waals surface area contributed by atoms with E-state index in [4.69, 9.17) is 0 Å². The van der Waals surface area contributed by atoms with Gasteiger partial charge in [0, 0.05) is 25.6 Å². The van der Waals surface area contributed by atoms with Gasteiger partial charge in [0.05, 0.1) is 10.2 Å². The number of nitrogens with one attached hydrogen (secondary N) is 2. The van der Waals surface area contributed by atoms with Crippen molar-refractivity contribution in [3.63, 3.8) is 0 Å². The Morgan fingerprint density at radius 3 is 2.67 bits per heavy atom. The van der Waals surface area contributed by atoms with Crippen molar-refractivity contribution in [3.05, 3.63) is 18.2 Å². The summed E-state index contributed by atoms with van der Waals surface area (Å²) in [5, 5.41) is 5.51. The molecule has 21 heavy (non-hydrogen) atoms. The number of anilines is 2. The Morgan fingerprint density at radius 1 is 1.29 bits per heavy atom. The van der Waals surface area contributed by atoms with Crippen molar-refractivity contribution in [3.8, 4) is 0 Å². The van der Waals surface area contributed by atoms with Crippen LogP contribution in [0.25, 0.3) is 10.2 Å². The molecule has 1 aliphatic rings. The summed E-state index contributed by atoms with van der Waals surface area (Å²) in [7, 11) is 1.53. The lowest BCUT2D eigenvalue weighted by Crippen LogP contribution is -2.28. The summed E-state index contributed by atoms with van der Waals surface area (Å²) >= 11 is 1.25. The number of carbonyl (C=O) groups excluding carboxylic acids is 3. The number of aromatic nitrogens is 1. The zero-order valence-electron chi connectivity index (χ0n) is 11.2. The average molecular weight is 304 g/mol. The van der Waals surface area contributed by atoms with E-state index in [1.807, 2.05) is 0 Å². The smallest absolute Gasteiger partial charge is 0.318 e. The molecule has 2 N–H and O–H groups in total. The van der Waals surface area contributed by atoms with Crippen LogP contribution in [-0.2, 0) is 9.59 Å². The van der Waals surface area contributed by atoms with Crippen molar-refractivity contribution >= 4 is 50.2 Å². The van der Waals surface area contributed by atoms with Crippen molar-refractivity contribution in [1.29, 1.82) is 0 Å². The number of rotatable bonds is 2. The highest BCUT2D eigenvalue weighted by molar-refractivity contribution is 7.22. The van der Waals surface area contributed by atoms with Crippen LogP contribution in [0.1, 0.15) is 12.8 Å². The molecule has 4 amide bonds. The van der Waals surface area contributed by atoms with Crippen LogP contribution in [0.2, 0.25) is 0 Å². The highest BCUT2D eigenvalue weighted by Gasteiger charge is 2.32. The van der Waals surface area contributed by atoms with Crippen LogP contribution in [0.15, 0.2) is 18.2 Å². The molecule has 2 aromatic rings. The molecule has 0 aliphatic carbocycles. The monoisotopic (exact) mass is 304 g/mol. The number of carbonyl (C=O) groups is 3. The third-order valence-corrected chi connectivity index (χ3v) is 4.11. The lowest BCUT2D eigenvalue weighted by Gasteiger charge is -2.07. The summed E-state index contributed by atoms with van der Waals surface area (Å²) in [5.41, 5.74) is 1.31. The van der Waals surface area contributed by atoms with Crippen LogP contribution in [0, 0.1) is 0 Å². The molecule has 108 valence electrons. The molecule has 1 saturated heterocycles. The molecule has 0 radical (unpaired) electrons. The molecular weight excluding hydrogens is 292 g/mol. The van der Waals surface area contributed by atoms with Gasteiger partial charge in [0.15, 0.2) is 5.13 Å². The van der Waals surface area contributed by atoms with Gasteiger partial charge in [0.25, 0.3) is 0 Å². The predicted octanol–water partition coefficient (Wildman–Crippen LogP) is 1.70. The van der Waals surface area contributed by atoms with E-state index in [1.165, 1.54) is 18.4 Å². The Hall–Kier alpha value is -2.48. The van der Waals surface area contributed by atoms with Crippen molar-refractivity contribution in [2.45, 2.75) is 12.8 Å². The fourth-order valence-electron chi connectivity index (χ4n) is 2.07.